The first-order chi connectivity index (χ1) is 15.5. The smallest absolute Gasteiger partial charge is 0.276 e. The van der Waals surface area contributed by atoms with E-state index in [0.717, 1.165) is 23.1 Å². The number of nitrogens with zero attached hydrogens (tertiary/aromatic N) is 2. The van der Waals surface area contributed by atoms with Gasteiger partial charge in [-0.1, -0.05) is 36.8 Å². The van der Waals surface area contributed by atoms with Crippen molar-refractivity contribution in [2.75, 3.05) is 13.7 Å². The quantitative estimate of drug-likeness (QED) is 0.411. The molecule has 32 heavy (non-hydrogen) atoms. The number of hydrazone groups is 1. The SMILES string of the molecule is CCCOc1cc(/C=N\NC(=O)c2cccn(Cc3ccc(C)cc3)c2=O)ccc1OC. The van der Waals surface area contributed by atoms with Crippen molar-refractivity contribution in [2.24, 2.45) is 5.10 Å². The fourth-order valence-electron chi connectivity index (χ4n) is 3.05. The minimum absolute atomic E-state index is 0.0264. The summed E-state index contributed by atoms with van der Waals surface area (Å²) in [6.07, 6.45) is 4.03. The summed E-state index contributed by atoms with van der Waals surface area (Å²) in [6, 6.07) is 16.4. The fraction of sp³-hybridized carbons (Fsp3) is 0.240. The van der Waals surface area contributed by atoms with E-state index in [1.165, 1.54) is 16.8 Å². The molecular weight excluding hydrogens is 406 g/mol. The molecule has 0 bridgehead atoms. The van der Waals surface area contributed by atoms with Gasteiger partial charge in [-0.25, -0.2) is 5.43 Å². The van der Waals surface area contributed by atoms with E-state index in [2.05, 4.69) is 10.5 Å². The molecule has 0 aliphatic carbocycles. The van der Waals surface area contributed by atoms with Gasteiger partial charge in [-0.15, -0.1) is 0 Å². The van der Waals surface area contributed by atoms with Gasteiger partial charge < -0.3 is 14.0 Å². The van der Waals surface area contributed by atoms with E-state index in [1.54, 1.807) is 37.6 Å². The highest BCUT2D eigenvalue weighted by Gasteiger charge is 2.12. The number of hydrogen-bond donors (Lipinski definition) is 1. The molecule has 0 aliphatic heterocycles. The molecule has 0 atom stereocenters. The molecule has 1 aromatic heterocycles. The summed E-state index contributed by atoms with van der Waals surface area (Å²) in [6.45, 7) is 4.98. The lowest BCUT2D eigenvalue weighted by Crippen LogP contribution is -2.30. The summed E-state index contributed by atoms with van der Waals surface area (Å²) < 4.78 is 12.5. The van der Waals surface area contributed by atoms with E-state index in [4.69, 9.17) is 9.47 Å². The third-order valence-corrected chi connectivity index (χ3v) is 4.77. The summed E-state index contributed by atoms with van der Waals surface area (Å²) in [5.41, 5.74) is 4.93. The second kappa shape index (κ2) is 10.9. The highest BCUT2D eigenvalue weighted by molar-refractivity contribution is 5.94. The number of nitrogens with one attached hydrogen (secondary N) is 1. The zero-order valence-corrected chi connectivity index (χ0v) is 18.5. The number of aryl methyl sites for hydroxylation is 1. The van der Waals surface area contributed by atoms with Crippen LogP contribution < -0.4 is 20.5 Å². The lowest BCUT2D eigenvalue weighted by molar-refractivity contribution is 0.0953. The number of hydrogen-bond acceptors (Lipinski definition) is 5. The molecular formula is C25H27N3O4. The predicted molar refractivity (Wildman–Crippen MR) is 125 cm³/mol. The van der Waals surface area contributed by atoms with Crippen molar-refractivity contribution in [2.45, 2.75) is 26.8 Å². The molecule has 1 heterocycles. The third kappa shape index (κ3) is 5.85. The first kappa shape index (κ1) is 22.8. The van der Waals surface area contributed by atoms with Gasteiger partial charge >= 0.3 is 0 Å². The summed E-state index contributed by atoms with van der Waals surface area (Å²) in [4.78, 5) is 25.3. The molecule has 166 valence electrons. The Hall–Kier alpha value is -3.87. The average Bonchev–Trinajstić information content (AvgIpc) is 2.80. The number of ether oxygens (including phenoxy) is 2. The Balaban J connectivity index is 1.70. The van der Waals surface area contributed by atoms with Crippen LogP contribution in [0, 0.1) is 6.92 Å². The van der Waals surface area contributed by atoms with Gasteiger partial charge in [-0.05, 0) is 54.8 Å². The number of pyridine rings is 1. The molecule has 0 saturated carbocycles. The number of methoxy groups -OCH3 is 1. The van der Waals surface area contributed by atoms with Crippen LogP contribution in [0.5, 0.6) is 11.5 Å². The lowest BCUT2D eigenvalue weighted by Gasteiger charge is -2.10. The topological polar surface area (TPSA) is 81.9 Å². The minimum Gasteiger partial charge on any atom is -0.493 e. The summed E-state index contributed by atoms with van der Waals surface area (Å²) >= 11 is 0. The van der Waals surface area contributed by atoms with Gasteiger partial charge in [-0.2, -0.15) is 5.10 Å². The summed E-state index contributed by atoms with van der Waals surface area (Å²) in [5, 5.41) is 3.99. The van der Waals surface area contributed by atoms with Crippen molar-refractivity contribution in [1.29, 1.82) is 0 Å². The molecule has 3 rings (SSSR count). The van der Waals surface area contributed by atoms with Crippen LogP contribution >= 0.6 is 0 Å². The van der Waals surface area contributed by atoms with Gasteiger partial charge in [0.2, 0.25) is 0 Å². The number of carbonyl (C=O) groups is 1. The maximum Gasteiger partial charge on any atom is 0.276 e. The Labute approximate surface area is 187 Å². The average molecular weight is 434 g/mol. The Morgan fingerprint density at radius 1 is 1.12 bits per heavy atom. The largest absolute Gasteiger partial charge is 0.493 e. The molecule has 7 nitrogen and oxygen atoms in total. The first-order valence-electron chi connectivity index (χ1n) is 10.4. The maximum absolute atomic E-state index is 12.8. The Kier molecular flexibility index (Phi) is 7.80. The zero-order valence-electron chi connectivity index (χ0n) is 18.5. The minimum atomic E-state index is -0.569. The zero-order chi connectivity index (χ0) is 22.9. The summed E-state index contributed by atoms with van der Waals surface area (Å²) in [5.74, 6) is 0.658. The Morgan fingerprint density at radius 2 is 1.91 bits per heavy atom. The molecule has 0 spiro atoms. The van der Waals surface area contributed by atoms with Crippen LogP contribution in [0.2, 0.25) is 0 Å². The molecule has 1 N–H and O–H groups in total. The Bertz CT molecular complexity index is 1150. The van der Waals surface area contributed by atoms with Crippen LogP contribution in [-0.4, -0.2) is 30.4 Å². The summed E-state index contributed by atoms with van der Waals surface area (Å²) in [7, 11) is 1.58. The van der Waals surface area contributed by atoms with Gasteiger partial charge in [-0.3, -0.25) is 9.59 Å². The van der Waals surface area contributed by atoms with Crippen molar-refractivity contribution in [3.63, 3.8) is 0 Å². The predicted octanol–water partition coefficient (Wildman–Crippen LogP) is 3.77. The van der Waals surface area contributed by atoms with Crippen LogP contribution in [-0.2, 0) is 6.54 Å². The molecule has 1 amide bonds. The van der Waals surface area contributed by atoms with Crippen LogP contribution in [0.1, 0.15) is 40.4 Å². The van der Waals surface area contributed by atoms with Gasteiger partial charge in [0.1, 0.15) is 5.56 Å². The van der Waals surface area contributed by atoms with Crippen molar-refractivity contribution in [3.05, 3.63) is 93.4 Å². The molecule has 0 fully saturated rings. The molecule has 0 unspecified atom stereocenters. The molecule has 7 heteroatoms. The van der Waals surface area contributed by atoms with E-state index in [9.17, 15) is 9.59 Å². The standard InChI is InChI=1S/C25H27N3O4/c1-4-14-32-23-15-20(11-12-22(23)31-3)16-26-27-24(29)21-6-5-13-28(25(21)30)17-19-9-7-18(2)8-10-19/h5-13,15-16H,4,14,17H2,1-3H3,(H,27,29)/b26-16-. The van der Waals surface area contributed by atoms with Gasteiger partial charge in [0.05, 0.1) is 26.5 Å². The van der Waals surface area contributed by atoms with E-state index < -0.39 is 5.91 Å². The molecule has 0 aliphatic rings. The normalized spacial score (nSPS) is 10.8. The van der Waals surface area contributed by atoms with Crippen LogP contribution in [0.3, 0.4) is 0 Å². The van der Waals surface area contributed by atoms with E-state index in [0.29, 0.717) is 24.7 Å². The number of aromatic nitrogens is 1. The highest BCUT2D eigenvalue weighted by Crippen LogP contribution is 2.27. The highest BCUT2D eigenvalue weighted by atomic mass is 16.5. The van der Waals surface area contributed by atoms with Crippen molar-refractivity contribution < 1.29 is 14.3 Å². The third-order valence-electron chi connectivity index (χ3n) is 4.77. The van der Waals surface area contributed by atoms with E-state index >= 15 is 0 Å². The van der Waals surface area contributed by atoms with Crippen molar-refractivity contribution >= 4 is 12.1 Å². The lowest BCUT2D eigenvalue weighted by atomic mass is 10.1. The number of benzene rings is 2. The number of amides is 1. The van der Waals surface area contributed by atoms with Gasteiger partial charge in [0, 0.05) is 6.20 Å². The molecule has 0 saturated heterocycles. The Morgan fingerprint density at radius 3 is 2.62 bits per heavy atom. The number of rotatable bonds is 9. The van der Waals surface area contributed by atoms with Crippen molar-refractivity contribution in [1.82, 2.24) is 9.99 Å². The molecule has 3 aromatic rings. The molecule has 0 radical (unpaired) electrons. The maximum atomic E-state index is 12.8. The van der Waals surface area contributed by atoms with Crippen LogP contribution in [0.15, 0.2) is 70.7 Å². The number of carbonyl (C=O) groups excluding carboxylic acids is 1. The monoisotopic (exact) mass is 433 g/mol. The van der Waals surface area contributed by atoms with Crippen LogP contribution in [0.4, 0.5) is 0 Å². The first-order valence-corrected chi connectivity index (χ1v) is 10.4. The van der Waals surface area contributed by atoms with Gasteiger partial charge in [0.15, 0.2) is 11.5 Å². The van der Waals surface area contributed by atoms with E-state index in [-0.39, 0.29) is 11.1 Å². The van der Waals surface area contributed by atoms with E-state index in [1.807, 2.05) is 38.1 Å². The van der Waals surface area contributed by atoms with Gasteiger partial charge in [0.25, 0.3) is 11.5 Å². The molecule has 2 aromatic carbocycles. The fourth-order valence-corrected chi connectivity index (χ4v) is 3.05. The second-order valence-corrected chi connectivity index (χ2v) is 7.30. The second-order valence-electron chi connectivity index (χ2n) is 7.30. The van der Waals surface area contributed by atoms with Crippen LogP contribution in [0.25, 0.3) is 0 Å². The van der Waals surface area contributed by atoms with Crippen molar-refractivity contribution in [3.8, 4) is 11.5 Å².